The largest absolute Gasteiger partial charge is 0.329 e. The van der Waals surface area contributed by atoms with Crippen molar-refractivity contribution in [2.45, 2.75) is 60.4 Å². The second-order valence-electron chi connectivity index (χ2n) is 5.73. The van der Waals surface area contributed by atoms with Crippen molar-refractivity contribution in [1.29, 1.82) is 0 Å². The molecule has 1 aromatic heterocycles. The first-order chi connectivity index (χ1) is 9.32. The molecule has 5 heteroatoms. The van der Waals surface area contributed by atoms with E-state index in [1.807, 2.05) is 32.4 Å². The lowest BCUT2D eigenvalue weighted by atomic mass is 9.81. The van der Waals surface area contributed by atoms with Crippen LogP contribution in [0.3, 0.4) is 0 Å². The Labute approximate surface area is 121 Å². The highest BCUT2D eigenvalue weighted by Crippen LogP contribution is 2.29. The number of hydrogen-bond acceptors (Lipinski definition) is 3. The smallest absolute Gasteiger partial charge is 0.231 e. The summed E-state index contributed by atoms with van der Waals surface area (Å²) in [6.07, 6.45) is 1.48. The van der Waals surface area contributed by atoms with Crippen molar-refractivity contribution >= 4 is 11.6 Å². The van der Waals surface area contributed by atoms with Crippen molar-refractivity contribution in [2.75, 3.05) is 11.9 Å². The molecule has 0 fully saturated rings. The lowest BCUT2D eigenvalue weighted by Gasteiger charge is -2.28. The molecular weight excluding hydrogens is 252 g/mol. The van der Waals surface area contributed by atoms with Crippen LogP contribution in [0.1, 0.15) is 58.0 Å². The van der Waals surface area contributed by atoms with Crippen molar-refractivity contribution in [3.63, 3.8) is 0 Å². The van der Waals surface area contributed by atoms with E-state index in [2.05, 4.69) is 24.3 Å². The van der Waals surface area contributed by atoms with E-state index >= 15 is 0 Å². The van der Waals surface area contributed by atoms with Crippen molar-refractivity contribution in [3.05, 3.63) is 11.4 Å². The second-order valence-corrected chi connectivity index (χ2v) is 5.73. The summed E-state index contributed by atoms with van der Waals surface area (Å²) < 4.78 is 1.94. The normalized spacial score (nSPS) is 12.0. The number of anilines is 1. The molecule has 1 rings (SSSR count). The predicted octanol–water partition coefficient (Wildman–Crippen LogP) is 2.78. The summed E-state index contributed by atoms with van der Waals surface area (Å²) in [7, 11) is 0. The molecule has 0 aliphatic rings. The number of carbonyl (C=O) groups excluding carboxylic acids is 1. The lowest BCUT2D eigenvalue weighted by molar-refractivity contribution is -0.125. The molecular formula is C15H28N4O. The molecule has 0 saturated heterocycles. The predicted molar refractivity (Wildman–Crippen MR) is 82.8 cm³/mol. The Balaban J connectivity index is 3.08. The zero-order valence-electron chi connectivity index (χ0n) is 13.6. The minimum absolute atomic E-state index is 0.000457. The Morgan fingerprint density at radius 1 is 1.35 bits per heavy atom. The lowest BCUT2D eigenvalue weighted by Crippen LogP contribution is -2.41. The van der Waals surface area contributed by atoms with Crippen LogP contribution in [0.25, 0.3) is 0 Å². The topological polar surface area (TPSA) is 72.9 Å². The average Bonchev–Trinajstić information content (AvgIpc) is 2.69. The minimum Gasteiger partial charge on any atom is -0.329 e. The molecule has 114 valence electrons. The fourth-order valence-electron chi connectivity index (χ4n) is 2.55. The van der Waals surface area contributed by atoms with Gasteiger partial charge in [0.25, 0.3) is 0 Å². The van der Waals surface area contributed by atoms with Crippen LogP contribution in [0.15, 0.2) is 0 Å². The maximum atomic E-state index is 12.6. The van der Waals surface area contributed by atoms with Crippen LogP contribution in [-0.2, 0) is 4.79 Å². The Kier molecular flexibility index (Phi) is 5.34. The summed E-state index contributed by atoms with van der Waals surface area (Å²) in [6.45, 7) is 12.4. The Hall–Kier alpha value is -1.36. The quantitative estimate of drug-likeness (QED) is 0.841. The van der Waals surface area contributed by atoms with Crippen molar-refractivity contribution in [3.8, 4) is 0 Å². The van der Waals surface area contributed by atoms with Gasteiger partial charge in [-0.15, -0.1) is 0 Å². The third-order valence-electron chi connectivity index (χ3n) is 4.28. The van der Waals surface area contributed by atoms with E-state index in [9.17, 15) is 4.79 Å². The summed E-state index contributed by atoms with van der Waals surface area (Å²) in [5, 5.41) is 7.54. The third kappa shape index (κ3) is 2.87. The van der Waals surface area contributed by atoms with E-state index in [1.165, 1.54) is 0 Å². The molecule has 3 N–H and O–H groups in total. The van der Waals surface area contributed by atoms with Gasteiger partial charge in [0, 0.05) is 12.6 Å². The van der Waals surface area contributed by atoms with Gasteiger partial charge in [0.1, 0.15) is 0 Å². The molecule has 0 spiro atoms. The highest BCUT2D eigenvalue weighted by molar-refractivity contribution is 5.96. The number of amides is 1. The van der Waals surface area contributed by atoms with Gasteiger partial charge in [-0.1, -0.05) is 13.8 Å². The van der Waals surface area contributed by atoms with Crippen LogP contribution in [0.5, 0.6) is 0 Å². The molecule has 0 atom stereocenters. The molecule has 5 nitrogen and oxygen atoms in total. The number of nitrogens with two attached hydrogens (primary N) is 1. The summed E-state index contributed by atoms with van der Waals surface area (Å²) in [5.74, 6) is -0.000457. The van der Waals surface area contributed by atoms with E-state index in [-0.39, 0.29) is 11.9 Å². The van der Waals surface area contributed by atoms with E-state index in [0.717, 1.165) is 29.9 Å². The summed E-state index contributed by atoms with van der Waals surface area (Å²) >= 11 is 0. The van der Waals surface area contributed by atoms with Crippen molar-refractivity contribution in [1.82, 2.24) is 9.78 Å². The fourth-order valence-corrected chi connectivity index (χ4v) is 2.55. The SMILES string of the molecule is CCC(CC)(CN)C(=O)Nc1c(C)nn(C(C)C)c1C. The molecule has 1 aromatic rings. The minimum atomic E-state index is -0.487. The first-order valence-electron chi connectivity index (χ1n) is 7.40. The van der Waals surface area contributed by atoms with Crippen LogP contribution in [0, 0.1) is 19.3 Å². The van der Waals surface area contributed by atoms with Gasteiger partial charge in [0.15, 0.2) is 0 Å². The second kappa shape index (κ2) is 6.39. The zero-order valence-corrected chi connectivity index (χ0v) is 13.6. The van der Waals surface area contributed by atoms with E-state index in [1.54, 1.807) is 0 Å². The Morgan fingerprint density at radius 3 is 2.25 bits per heavy atom. The van der Waals surface area contributed by atoms with E-state index in [0.29, 0.717) is 6.54 Å². The molecule has 0 saturated carbocycles. The van der Waals surface area contributed by atoms with Crippen LogP contribution in [0.2, 0.25) is 0 Å². The number of nitrogens with zero attached hydrogens (tertiary/aromatic N) is 2. The first-order valence-corrected chi connectivity index (χ1v) is 7.40. The molecule has 0 aliphatic heterocycles. The van der Waals surface area contributed by atoms with Crippen LogP contribution in [0.4, 0.5) is 5.69 Å². The highest BCUT2D eigenvalue weighted by Gasteiger charge is 2.34. The first kappa shape index (κ1) is 16.7. The van der Waals surface area contributed by atoms with Gasteiger partial charge in [0.2, 0.25) is 5.91 Å². The van der Waals surface area contributed by atoms with Crippen LogP contribution < -0.4 is 11.1 Å². The number of nitrogens with one attached hydrogen (secondary N) is 1. The molecule has 20 heavy (non-hydrogen) atoms. The van der Waals surface area contributed by atoms with Gasteiger partial charge in [-0.05, 0) is 40.5 Å². The number of hydrogen-bond donors (Lipinski definition) is 2. The standard InChI is InChI=1S/C15H28N4O/c1-7-15(8-2,9-16)14(20)17-13-11(5)18-19(10(3)4)12(13)6/h10H,7-9,16H2,1-6H3,(H,17,20). The number of carbonyl (C=O) groups is 1. The van der Waals surface area contributed by atoms with Gasteiger partial charge in [0.05, 0.1) is 22.5 Å². The Bertz CT molecular complexity index is 464. The highest BCUT2D eigenvalue weighted by atomic mass is 16.2. The van der Waals surface area contributed by atoms with E-state index in [4.69, 9.17) is 5.73 Å². The maximum absolute atomic E-state index is 12.6. The summed E-state index contributed by atoms with van der Waals surface area (Å²) in [6, 6.07) is 0.274. The van der Waals surface area contributed by atoms with Crippen LogP contribution >= 0.6 is 0 Å². The van der Waals surface area contributed by atoms with Gasteiger partial charge >= 0.3 is 0 Å². The molecule has 1 amide bonds. The number of aromatic nitrogens is 2. The van der Waals surface area contributed by atoms with Gasteiger partial charge in [-0.3, -0.25) is 9.48 Å². The average molecular weight is 280 g/mol. The Morgan fingerprint density at radius 2 is 1.90 bits per heavy atom. The monoisotopic (exact) mass is 280 g/mol. The molecule has 1 heterocycles. The zero-order chi connectivity index (χ0) is 15.5. The molecule has 0 unspecified atom stereocenters. The molecule has 0 aromatic carbocycles. The molecule has 0 aliphatic carbocycles. The number of aryl methyl sites for hydroxylation is 1. The summed E-state index contributed by atoms with van der Waals surface area (Å²) in [4.78, 5) is 12.6. The fraction of sp³-hybridized carbons (Fsp3) is 0.733. The van der Waals surface area contributed by atoms with Crippen molar-refractivity contribution < 1.29 is 4.79 Å². The molecule has 0 radical (unpaired) electrons. The molecule has 0 bridgehead atoms. The van der Waals surface area contributed by atoms with Gasteiger partial charge < -0.3 is 11.1 Å². The van der Waals surface area contributed by atoms with Gasteiger partial charge in [-0.25, -0.2) is 0 Å². The van der Waals surface area contributed by atoms with E-state index < -0.39 is 5.41 Å². The van der Waals surface area contributed by atoms with Gasteiger partial charge in [-0.2, -0.15) is 5.10 Å². The van der Waals surface area contributed by atoms with Crippen molar-refractivity contribution in [2.24, 2.45) is 11.1 Å². The maximum Gasteiger partial charge on any atom is 0.231 e. The number of rotatable bonds is 6. The third-order valence-corrected chi connectivity index (χ3v) is 4.28. The van der Waals surface area contributed by atoms with Crippen LogP contribution in [-0.4, -0.2) is 22.2 Å². The summed E-state index contributed by atoms with van der Waals surface area (Å²) in [5.41, 5.74) is 8.01.